The third-order valence-corrected chi connectivity index (χ3v) is 1.50. The molecule has 7 heteroatoms. The van der Waals surface area contributed by atoms with Crippen LogP contribution < -0.4 is 5.90 Å². The van der Waals surface area contributed by atoms with Gasteiger partial charge in [0, 0.05) is 6.61 Å². The first kappa shape index (κ1) is 12.3. The zero-order valence-electron chi connectivity index (χ0n) is 6.83. The van der Waals surface area contributed by atoms with Gasteiger partial charge in [-0.05, 0) is 6.42 Å². The van der Waals surface area contributed by atoms with E-state index in [1.807, 2.05) is 0 Å². The normalized spacial score (nSPS) is 17.6. The van der Waals surface area contributed by atoms with Gasteiger partial charge in [0.25, 0.3) is 0 Å². The van der Waals surface area contributed by atoms with Gasteiger partial charge < -0.3 is 25.3 Å². The fraction of sp³-hybridized carbons (Fsp3) is 0.833. The number of carbonyl (C=O) groups is 1. The van der Waals surface area contributed by atoms with Crippen molar-refractivity contribution < 1.29 is 30.1 Å². The second kappa shape index (κ2) is 5.84. The third-order valence-electron chi connectivity index (χ3n) is 1.50. The van der Waals surface area contributed by atoms with E-state index in [-0.39, 0.29) is 13.0 Å². The Morgan fingerprint density at radius 3 is 2.31 bits per heavy atom. The van der Waals surface area contributed by atoms with Gasteiger partial charge in [-0.25, -0.2) is 4.79 Å². The van der Waals surface area contributed by atoms with E-state index in [2.05, 4.69) is 10.7 Å². The molecule has 0 aromatic heterocycles. The quantitative estimate of drug-likeness (QED) is 0.293. The topological polar surface area (TPSA) is 133 Å². The fourth-order valence-electron chi connectivity index (χ4n) is 0.723. The minimum absolute atomic E-state index is 0.157. The first-order valence-corrected chi connectivity index (χ1v) is 3.60. The van der Waals surface area contributed by atoms with Crippen molar-refractivity contribution >= 4 is 5.97 Å². The highest BCUT2D eigenvalue weighted by atomic mass is 16.7. The van der Waals surface area contributed by atoms with Crippen LogP contribution in [0.3, 0.4) is 0 Å². The lowest BCUT2D eigenvalue weighted by Gasteiger charge is -2.19. The Kier molecular flexibility index (Phi) is 5.51. The SMILES string of the molecule is NOC(=O)C(O)C(O)C(O)CCO. The van der Waals surface area contributed by atoms with Gasteiger partial charge >= 0.3 is 5.97 Å². The van der Waals surface area contributed by atoms with Gasteiger partial charge in [-0.2, -0.15) is 5.90 Å². The maximum absolute atomic E-state index is 10.5. The van der Waals surface area contributed by atoms with E-state index in [9.17, 15) is 4.79 Å². The lowest BCUT2D eigenvalue weighted by atomic mass is 10.1. The molecule has 78 valence electrons. The standard InChI is InChI=1S/C6H13NO6/c7-13-6(12)5(11)4(10)3(9)1-2-8/h3-5,8-11H,1-2,7H2. The van der Waals surface area contributed by atoms with Crippen LogP contribution in [0.1, 0.15) is 6.42 Å². The summed E-state index contributed by atoms with van der Waals surface area (Å²) in [5.74, 6) is 3.19. The molecule has 0 amide bonds. The lowest BCUT2D eigenvalue weighted by molar-refractivity contribution is -0.165. The first-order valence-electron chi connectivity index (χ1n) is 3.60. The molecule has 0 aliphatic carbocycles. The van der Waals surface area contributed by atoms with Crippen molar-refractivity contribution in [2.75, 3.05) is 6.61 Å². The van der Waals surface area contributed by atoms with Crippen molar-refractivity contribution in [3.8, 4) is 0 Å². The minimum Gasteiger partial charge on any atom is -0.396 e. The molecule has 0 saturated heterocycles. The number of aliphatic hydroxyl groups is 4. The van der Waals surface area contributed by atoms with Crippen molar-refractivity contribution in [3.63, 3.8) is 0 Å². The maximum atomic E-state index is 10.5. The average Bonchev–Trinajstić information content (AvgIpc) is 2.14. The van der Waals surface area contributed by atoms with E-state index in [4.69, 9.17) is 20.4 Å². The molecule has 0 aromatic carbocycles. The molecule has 7 nitrogen and oxygen atoms in total. The van der Waals surface area contributed by atoms with Crippen LogP contribution in [0.5, 0.6) is 0 Å². The Bertz CT molecular complexity index is 163. The van der Waals surface area contributed by atoms with Crippen LogP contribution in [0.15, 0.2) is 0 Å². The predicted octanol–water partition coefficient (Wildman–Crippen LogP) is -3.13. The average molecular weight is 195 g/mol. The van der Waals surface area contributed by atoms with E-state index in [1.165, 1.54) is 0 Å². The van der Waals surface area contributed by atoms with Crippen molar-refractivity contribution in [3.05, 3.63) is 0 Å². The number of carbonyl (C=O) groups excluding carboxylic acids is 1. The Hall–Kier alpha value is -0.730. The number of hydrogen-bond donors (Lipinski definition) is 5. The number of hydrogen-bond acceptors (Lipinski definition) is 7. The van der Waals surface area contributed by atoms with Crippen molar-refractivity contribution in [1.29, 1.82) is 0 Å². The van der Waals surface area contributed by atoms with Crippen LogP contribution in [-0.2, 0) is 9.63 Å². The first-order chi connectivity index (χ1) is 6.04. The highest BCUT2D eigenvalue weighted by Crippen LogP contribution is 2.04. The lowest BCUT2D eigenvalue weighted by Crippen LogP contribution is -2.44. The summed E-state index contributed by atoms with van der Waals surface area (Å²) in [5.41, 5.74) is 0. The maximum Gasteiger partial charge on any atom is 0.356 e. The molecule has 3 unspecified atom stereocenters. The Morgan fingerprint density at radius 2 is 1.92 bits per heavy atom. The van der Waals surface area contributed by atoms with Gasteiger partial charge in [0.05, 0.1) is 6.10 Å². The second-order valence-corrected chi connectivity index (χ2v) is 2.45. The van der Waals surface area contributed by atoms with E-state index >= 15 is 0 Å². The van der Waals surface area contributed by atoms with Gasteiger partial charge in [-0.3, -0.25) is 0 Å². The van der Waals surface area contributed by atoms with Crippen LogP contribution in [0, 0.1) is 0 Å². The van der Waals surface area contributed by atoms with Crippen LogP contribution in [0.2, 0.25) is 0 Å². The van der Waals surface area contributed by atoms with E-state index in [0.29, 0.717) is 0 Å². The van der Waals surface area contributed by atoms with E-state index in [0.717, 1.165) is 0 Å². The number of nitrogens with two attached hydrogens (primary N) is 1. The van der Waals surface area contributed by atoms with Crippen molar-refractivity contribution in [2.45, 2.75) is 24.7 Å². The molecule has 0 aromatic rings. The molecule has 0 spiro atoms. The second-order valence-electron chi connectivity index (χ2n) is 2.45. The van der Waals surface area contributed by atoms with Gasteiger partial charge in [0.15, 0.2) is 6.10 Å². The molecule has 0 aliphatic rings. The molecule has 3 atom stereocenters. The smallest absolute Gasteiger partial charge is 0.356 e. The van der Waals surface area contributed by atoms with Crippen LogP contribution >= 0.6 is 0 Å². The molecule has 0 radical (unpaired) electrons. The summed E-state index contributed by atoms with van der Waals surface area (Å²) in [6.45, 7) is -0.372. The van der Waals surface area contributed by atoms with Gasteiger partial charge in [-0.1, -0.05) is 0 Å². The van der Waals surface area contributed by atoms with E-state index < -0.39 is 24.3 Å². The summed E-state index contributed by atoms with van der Waals surface area (Å²) in [6.07, 6.45) is -5.19. The summed E-state index contributed by atoms with van der Waals surface area (Å²) >= 11 is 0. The molecular formula is C6H13NO6. The van der Waals surface area contributed by atoms with Crippen molar-refractivity contribution in [1.82, 2.24) is 0 Å². The molecular weight excluding hydrogens is 182 g/mol. The van der Waals surface area contributed by atoms with E-state index in [1.54, 1.807) is 0 Å². The Morgan fingerprint density at radius 1 is 1.38 bits per heavy atom. The van der Waals surface area contributed by atoms with Crippen LogP contribution in [0.4, 0.5) is 0 Å². The Balaban J connectivity index is 4.07. The number of aliphatic hydroxyl groups excluding tert-OH is 4. The van der Waals surface area contributed by atoms with Gasteiger partial charge in [0.1, 0.15) is 6.10 Å². The van der Waals surface area contributed by atoms with Gasteiger partial charge in [0.2, 0.25) is 0 Å². The number of rotatable bonds is 5. The van der Waals surface area contributed by atoms with Crippen LogP contribution in [-0.4, -0.2) is 51.3 Å². The summed E-state index contributed by atoms with van der Waals surface area (Å²) in [5, 5.41) is 35.4. The zero-order chi connectivity index (χ0) is 10.4. The highest BCUT2D eigenvalue weighted by Gasteiger charge is 2.30. The summed E-state index contributed by atoms with van der Waals surface area (Å²) in [4.78, 5) is 14.2. The molecule has 6 N–H and O–H groups in total. The third kappa shape index (κ3) is 3.66. The molecule has 13 heavy (non-hydrogen) atoms. The monoisotopic (exact) mass is 195 g/mol. The molecule has 0 fully saturated rings. The largest absolute Gasteiger partial charge is 0.396 e. The Labute approximate surface area is 74.3 Å². The zero-order valence-corrected chi connectivity index (χ0v) is 6.83. The minimum atomic E-state index is -1.91. The molecule has 0 rings (SSSR count). The highest BCUT2D eigenvalue weighted by molar-refractivity contribution is 5.74. The summed E-state index contributed by atoms with van der Waals surface area (Å²) < 4.78 is 0. The van der Waals surface area contributed by atoms with Crippen LogP contribution in [0.25, 0.3) is 0 Å². The molecule has 0 heterocycles. The van der Waals surface area contributed by atoms with Gasteiger partial charge in [-0.15, -0.1) is 0 Å². The summed E-state index contributed by atoms with van der Waals surface area (Å²) in [7, 11) is 0. The fourth-order valence-corrected chi connectivity index (χ4v) is 0.723. The summed E-state index contributed by atoms with van der Waals surface area (Å²) in [6, 6.07) is 0. The molecule has 0 aliphatic heterocycles. The predicted molar refractivity (Wildman–Crippen MR) is 40.0 cm³/mol. The molecule has 0 saturated carbocycles. The molecule has 0 bridgehead atoms. The van der Waals surface area contributed by atoms with Crippen molar-refractivity contribution in [2.24, 2.45) is 5.90 Å².